The SMILES string of the molecule is CNC(CN(C)CCOC)C(C)(C)C. The molecule has 0 rings (SSSR count). The van der Waals surface area contributed by atoms with Gasteiger partial charge in [-0.1, -0.05) is 20.8 Å². The minimum Gasteiger partial charge on any atom is -0.383 e. The predicted octanol–water partition coefficient (Wildman–Crippen LogP) is 1.20. The van der Waals surface area contributed by atoms with Crippen LogP contribution >= 0.6 is 0 Å². The lowest BCUT2D eigenvalue weighted by Gasteiger charge is -2.33. The van der Waals surface area contributed by atoms with Gasteiger partial charge >= 0.3 is 0 Å². The number of ether oxygens (including phenoxy) is 1. The van der Waals surface area contributed by atoms with Crippen molar-refractivity contribution in [3.8, 4) is 0 Å². The molecule has 0 heterocycles. The molecule has 1 unspecified atom stereocenters. The first-order valence-electron chi connectivity index (χ1n) is 5.26. The Balaban J connectivity index is 3.93. The molecule has 0 radical (unpaired) electrons. The molecule has 0 aromatic heterocycles. The molecule has 0 amide bonds. The summed E-state index contributed by atoms with van der Waals surface area (Å²) in [5.74, 6) is 0. The van der Waals surface area contributed by atoms with E-state index in [0.717, 1.165) is 19.7 Å². The molecule has 3 heteroatoms. The Morgan fingerprint density at radius 3 is 2.29 bits per heavy atom. The van der Waals surface area contributed by atoms with Crippen LogP contribution in [0.5, 0.6) is 0 Å². The third-order valence-corrected chi connectivity index (χ3v) is 2.57. The normalized spacial score (nSPS) is 14.8. The summed E-state index contributed by atoms with van der Waals surface area (Å²) in [7, 11) is 5.91. The smallest absolute Gasteiger partial charge is 0.0589 e. The molecule has 14 heavy (non-hydrogen) atoms. The molecule has 0 aromatic rings. The average molecular weight is 202 g/mol. The number of hydrogen-bond acceptors (Lipinski definition) is 3. The van der Waals surface area contributed by atoms with E-state index in [9.17, 15) is 0 Å². The fourth-order valence-corrected chi connectivity index (χ4v) is 1.45. The van der Waals surface area contributed by atoms with E-state index in [1.807, 2.05) is 7.05 Å². The van der Waals surface area contributed by atoms with Crippen LogP contribution in [0.25, 0.3) is 0 Å². The summed E-state index contributed by atoms with van der Waals surface area (Å²) in [5.41, 5.74) is 0.302. The second kappa shape index (κ2) is 6.38. The van der Waals surface area contributed by atoms with Gasteiger partial charge in [-0.15, -0.1) is 0 Å². The predicted molar refractivity (Wildman–Crippen MR) is 61.7 cm³/mol. The van der Waals surface area contributed by atoms with Gasteiger partial charge in [-0.2, -0.15) is 0 Å². The molecule has 0 aliphatic rings. The number of methoxy groups -OCH3 is 1. The zero-order valence-corrected chi connectivity index (χ0v) is 10.6. The maximum absolute atomic E-state index is 5.05. The molecule has 0 aliphatic carbocycles. The van der Waals surface area contributed by atoms with Gasteiger partial charge in [0.15, 0.2) is 0 Å². The lowest BCUT2D eigenvalue weighted by atomic mass is 9.86. The zero-order valence-electron chi connectivity index (χ0n) is 10.6. The van der Waals surface area contributed by atoms with Gasteiger partial charge in [-0.05, 0) is 19.5 Å². The van der Waals surface area contributed by atoms with Crippen molar-refractivity contribution in [2.45, 2.75) is 26.8 Å². The van der Waals surface area contributed by atoms with Crippen molar-refractivity contribution in [2.75, 3.05) is 40.9 Å². The monoisotopic (exact) mass is 202 g/mol. The highest BCUT2D eigenvalue weighted by Gasteiger charge is 2.23. The van der Waals surface area contributed by atoms with E-state index in [2.05, 4.69) is 38.0 Å². The van der Waals surface area contributed by atoms with Crippen LogP contribution in [0.15, 0.2) is 0 Å². The Hall–Kier alpha value is -0.120. The number of nitrogens with one attached hydrogen (secondary N) is 1. The van der Waals surface area contributed by atoms with Gasteiger partial charge in [0.1, 0.15) is 0 Å². The summed E-state index contributed by atoms with van der Waals surface area (Å²) in [5, 5.41) is 3.37. The van der Waals surface area contributed by atoms with Crippen molar-refractivity contribution >= 4 is 0 Å². The fraction of sp³-hybridized carbons (Fsp3) is 1.00. The number of hydrogen-bond donors (Lipinski definition) is 1. The summed E-state index contributed by atoms with van der Waals surface area (Å²) in [6, 6.07) is 0.518. The molecular formula is C11H26N2O. The number of rotatable bonds is 6. The first-order valence-corrected chi connectivity index (χ1v) is 5.26. The molecule has 1 atom stereocenters. The van der Waals surface area contributed by atoms with Crippen LogP contribution in [-0.4, -0.2) is 51.8 Å². The highest BCUT2D eigenvalue weighted by Crippen LogP contribution is 2.19. The molecular weight excluding hydrogens is 176 g/mol. The molecule has 0 aliphatic heterocycles. The largest absolute Gasteiger partial charge is 0.383 e. The van der Waals surface area contributed by atoms with Crippen molar-refractivity contribution < 1.29 is 4.74 Å². The molecule has 0 saturated heterocycles. The lowest BCUT2D eigenvalue weighted by molar-refractivity contribution is 0.140. The molecule has 1 N–H and O–H groups in total. The van der Waals surface area contributed by atoms with Crippen LogP contribution < -0.4 is 5.32 Å². The Bertz CT molecular complexity index is 143. The van der Waals surface area contributed by atoms with E-state index in [1.165, 1.54) is 0 Å². The molecule has 86 valence electrons. The zero-order chi connectivity index (χ0) is 11.2. The summed E-state index contributed by atoms with van der Waals surface area (Å²) in [6.45, 7) is 9.64. The van der Waals surface area contributed by atoms with Gasteiger partial charge in [-0.3, -0.25) is 0 Å². The van der Waals surface area contributed by atoms with E-state index in [1.54, 1.807) is 7.11 Å². The maximum Gasteiger partial charge on any atom is 0.0589 e. The standard InChI is InChI=1S/C11H26N2O/c1-11(2,3)10(12-4)9-13(5)7-8-14-6/h10,12H,7-9H2,1-6H3. The van der Waals surface area contributed by atoms with Crippen LogP contribution in [0.3, 0.4) is 0 Å². The Morgan fingerprint density at radius 2 is 1.93 bits per heavy atom. The van der Waals surface area contributed by atoms with Crippen LogP contribution in [0, 0.1) is 5.41 Å². The van der Waals surface area contributed by atoms with Crippen molar-refractivity contribution in [3.63, 3.8) is 0 Å². The highest BCUT2D eigenvalue weighted by molar-refractivity contribution is 4.81. The third-order valence-electron chi connectivity index (χ3n) is 2.57. The Labute approximate surface area is 88.8 Å². The fourth-order valence-electron chi connectivity index (χ4n) is 1.45. The minimum absolute atomic E-state index is 0.302. The summed E-state index contributed by atoms with van der Waals surface area (Å²) < 4.78 is 5.05. The Kier molecular flexibility index (Phi) is 6.33. The lowest BCUT2D eigenvalue weighted by Crippen LogP contribution is -2.46. The van der Waals surface area contributed by atoms with Crippen molar-refractivity contribution in [3.05, 3.63) is 0 Å². The van der Waals surface area contributed by atoms with Crippen LogP contribution in [0.4, 0.5) is 0 Å². The first kappa shape index (κ1) is 13.9. The Morgan fingerprint density at radius 1 is 1.36 bits per heavy atom. The van der Waals surface area contributed by atoms with Gasteiger partial charge in [0.05, 0.1) is 6.61 Å². The maximum atomic E-state index is 5.05. The second-order valence-corrected chi connectivity index (χ2v) is 4.96. The van der Waals surface area contributed by atoms with Crippen LogP contribution in [-0.2, 0) is 4.74 Å². The molecule has 0 bridgehead atoms. The van der Waals surface area contributed by atoms with E-state index in [4.69, 9.17) is 4.74 Å². The summed E-state index contributed by atoms with van der Waals surface area (Å²) in [6.07, 6.45) is 0. The van der Waals surface area contributed by atoms with Crippen molar-refractivity contribution in [1.82, 2.24) is 10.2 Å². The number of likely N-dealkylation sites (N-methyl/N-ethyl adjacent to an activating group) is 2. The van der Waals surface area contributed by atoms with Gasteiger partial charge < -0.3 is 15.0 Å². The summed E-state index contributed by atoms with van der Waals surface area (Å²) in [4.78, 5) is 2.30. The topological polar surface area (TPSA) is 24.5 Å². The highest BCUT2D eigenvalue weighted by atomic mass is 16.5. The molecule has 3 nitrogen and oxygen atoms in total. The van der Waals surface area contributed by atoms with E-state index in [0.29, 0.717) is 11.5 Å². The van der Waals surface area contributed by atoms with Crippen LogP contribution in [0.2, 0.25) is 0 Å². The van der Waals surface area contributed by atoms with Crippen molar-refractivity contribution in [1.29, 1.82) is 0 Å². The van der Waals surface area contributed by atoms with Gasteiger partial charge in [-0.25, -0.2) is 0 Å². The number of nitrogens with zero attached hydrogens (tertiary/aromatic N) is 1. The molecule has 0 spiro atoms. The van der Waals surface area contributed by atoms with Crippen LogP contribution in [0.1, 0.15) is 20.8 Å². The molecule has 0 fully saturated rings. The third kappa shape index (κ3) is 5.58. The average Bonchev–Trinajstić information content (AvgIpc) is 2.08. The van der Waals surface area contributed by atoms with Gasteiger partial charge in [0.25, 0.3) is 0 Å². The van der Waals surface area contributed by atoms with E-state index >= 15 is 0 Å². The minimum atomic E-state index is 0.302. The van der Waals surface area contributed by atoms with Gasteiger partial charge in [0.2, 0.25) is 0 Å². The van der Waals surface area contributed by atoms with Gasteiger partial charge in [0, 0.05) is 26.2 Å². The molecule has 0 saturated carbocycles. The van der Waals surface area contributed by atoms with E-state index in [-0.39, 0.29) is 0 Å². The first-order chi connectivity index (χ1) is 6.41. The second-order valence-electron chi connectivity index (χ2n) is 4.96. The quantitative estimate of drug-likeness (QED) is 0.700. The van der Waals surface area contributed by atoms with Crippen molar-refractivity contribution in [2.24, 2.45) is 5.41 Å². The van der Waals surface area contributed by atoms with E-state index < -0.39 is 0 Å². The summed E-state index contributed by atoms with van der Waals surface area (Å²) >= 11 is 0. The molecule has 0 aromatic carbocycles.